The number of aromatic nitrogens is 2. The zero-order chi connectivity index (χ0) is 22.1. The van der Waals surface area contributed by atoms with Crippen molar-refractivity contribution < 1.29 is 14.7 Å². The second kappa shape index (κ2) is 11.1. The number of carbonyl (C=O) groups excluding carboxylic acids is 1. The van der Waals surface area contributed by atoms with Crippen molar-refractivity contribution >= 4 is 11.8 Å². The van der Waals surface area contributed by atoms with Crippen molar-refractivity contribution in [1.82, 2.24) is 15.3 Å². The van der Waals surface area contributed by atoms with Crippen LogP contribution >= 0.6 is 0 Å². The van der Waals surface area contributed by atoms with Crippen LogP contribution in [0, 0.1) is 11.8 Å². The number of rotatable bonds is 11. The van der Waals surface area contributed by atoms with E-state index < -0.39 is 23.7 Å². The summed E-state index contributed by atoms with van der Waals surface area (Å²) in [6.07, 6.45) is 3.46. The molecule has 0 spiro atoms. The Balaban J connectivity index is 1.78. The molecule has 0 amide bonds. The van der Waals surface area contributed by atoms with Gasteiger partial charge in [-0.1, -0.05) is 42.5 Å². The molecular weight excluding hydrogens is 392 g/mol. The molecule has 3 atom stereocenters. The van der Waals surface area contributed by atoms with Crippen molar-refractivity contribution in [2.24, 2.45) is 17.6 Å². The molecule has 3 aromatic rings. The molecule has 1 aromatic carbocycles. The van der Waals surface area contributed by atoms with E-state index in [1.165, 1.54) is 0 Å². The Morgan fingerprint density at radius 3 is 2.23 bits per heavy atom. The molecule has 0 fully saturated rings. The summed E-state index contributed by atoms with van der Waals surface area (Å²) >= 11 is 0. The van der Waals surface area contributed by atoms with Gasteiger partial charge in [0, 0.05) is 31.0 Å². The fourth-order valence-electron chi connectivity index (χ4n) is 3.49. The fourth-order valence-corrected chi connectivity index (χ4v) is 3.49. The number of hydrogen-bond acceptors (Lipinski definition) is 6. The van der Waals surface area contributed by atoms with Crippen LogP contribution in [0.4, 0.5) is 0 Å². The first-order chi connectivity index (χ1) is 15.1. The van der Waals surface area contributed by atoms with Crippen molar-refractivity contribution in [1.29, 1.82) is 0 Å². The smallest absolute Gasteiger partial charge is 0.314 e. The molecule has 7 nitrogen and oxygen atoms in total. The minimum Gasteiger partial charge on any atom is -0.481 e. The summed E-state index contributed by atoms with van der Waals surface area (Å²) in [6, 6.07) is 19.1. The summed E-state index contributed by atoms with van der Waals surface area (Å²) in [7, 11) is 0. The van der Waals surface area contributed by atoms with Crippen molar-refractivity contribution in [2.45, 2.75) is 19.0 Å². The minimum atomic E-state index is -1.20. The van der Waals surface area contributed by atoms with Gasteiger partial charge in [-0.2, -0.15) is 0 Å². The molecule has 0 radical (unpaired) electrons. The van der Waals surface area contributed by atoms with E-state index in [1.54, 1.807) is 48.8 Å². The molecule has 2 aromatic heterocycles. The predicted molar refractivity (Wildman–Crippen MR) is 117 cm³/mol. The van der Waals surface area contributed by atoms with Crippen LogP contribution in [0.25, 0.3) is 0 Å². The molecule has 4 N–H and O–H groups in total. The fraction of sp³-hybridized carbons (Fsp3) is 0.250. The van der Waals surface area contributed by atoms with Gasteiger partial charge in [-0.15, -0.1) is 0 Å². The first kappa shape index (κ1) is 22.3. The lowest BCUT2D eigenvalue weighted by molar-refractivity contribution is -0.140. The second-order valence-electron chi connectivity index (χ2n) is 7.35. The molecule has 160 valence electrons. The summed E-state index contributed by atoms with van der Waals surface area (Å²) in [4.78, 5) is 33.5. The average molecular weight is 418 g/mol. The molecule has 0 bridgehead atoms. The van der Waals surface area contributed by atoms with Gasteiger partial charge in [0.2, 0.25) is 0 Å². The van der Waals surface area contributed by atoms with Crippen LogP contribution in [0.5, 0.6) is 0 Å². The van der Waals surface area contributed by atoms with E-state index in [0.717, 1.165) is 5.69 Å². The van der Waals surface area contributed by atoms with E-state index in [-0.39, 0.29) is 12.3 Å². The maximum absolute atomic E-state index is 12.9. The summed E-state index contributed by atoms with van der Waals surface area (Å²) in [5, 5.41) is 13.1. The maximum Gasteiger partial charge on any atom is 0.314 e. The van der Waals surface area contributed by atoms with Gasteiger partial charge in [-0.25, -0.2) is 0 Å². The zero-order valence-corrected chi connectivity index (χ0v) is 17.1. The maximum atomic E-state index is 12.9. The van der Waals surface area contributed by atoms with Crippen molar-refractivity contribution in [3.05, 3.63) is 96.1 Å². The van der Waals surface area contributed by atoms with Gasteiger partial charge >= 0.3 is 5.97 Å². The van der Waals surface area contributed by atoms with Crippen LogP contribution in [0.2, 0.25) is 0 Å². The Labute approximate surface area is 181 Å². The zero-order valence-electron chi connectivity index (χ0n) is 17.1. The number of ketones is 1. The molecule has 2 unspecified atom stereocenters. The molecule has 2 heterocycles. The lowest BCUT2D eigenvalue weighted by atomic mass is 9.83. The van der Waals surface area contributed by atoms with Crippen molar-refractivity contribution in [3.8, 4) is 0 Å². The molecular formula is C24H26N4O3. The normalized spacial score (nSPS) is 13.8. The van der Waals surface area contributed by atoms with E-state index >= 15 is 0 Å². The Hall–Kier alpha value is -3.42. The number of carboxylic acid groups (broad SMARTS) is 1. The first-order valence-corrected chi connectivity index (χ1v) is 10.2. The van der Waals surface area contributed by atoms with Crippen LogP contribution in [0.15, 0.2) is 79.1 Å². The Morgan fingerprint density at radius 1 is 0.935 bits per heavy atom. The standard InChI is InChI=1S/C24H26N4O3/c25-22(21-11-5-7-13-28-21)18(15-26-16-19-10-4-6-12-27-19)14-20(24(30)31)23(29)17-8-2-1-3-9-17/h1-13,18,20,22,26H,14-16,25H2,(H,30,31)/t18?,20-,22?/m0/s1. The van der Waals surface area contributed by atoms with Gasteiger partial charge in [-0.3, -0.25) is 19.6 Å². The van der Waals surface area contributed by atoms with E-state index in [0.29, 0.717) is 24.3 Å². The number of pyridine rings is 2. The molecule has 31 heavy (non-hydrogen) atoms. The van der Waals surface area contributed by atoms with Gasteiger partial charge in [0.1, 0.15) is 5.92 Å². The molecule has 3 rings (SSSR count). The quantitative estimate of drug-likeness (QED) is 0.324. The van der Waals surface area contributed by atoms with Gasteiger partial charge in [0.15, 0.2) is 5.78 Å². The van der Waals surface area contributed by atoms with Gasteiger partial charge < -0.3 is 16.2 Å². The molecule has 7 heteroatoms. The first-order valence-electron chi connectivity index (χ1n) is 10.2. The summed E-state index contributed by atoms with van der Waals surface area (Å²) in [6.45, 7) is 0.927. The monoisotopic (exact) mass is 418 g/mol. The number of aliphatic carboxylic acids is 1. The van der Waals surface area contributed by atoms with E-state index in [9.17, 15) is 14.7 Å². The number of Topliss-reactive ketones (excluding diaryl/α,β-unsaturated/α-hetero) is 1. The minimum absolute atomic E-state index is 0.0933. The topological polar surface area (TPSA) is 118 Å². The Morgan fingerprint density at radius 2 is 1.61 bits per heavy atom. The summed E-state index contributed by atoms with van der Waals surface area (Å²) < 4.78 is 0. The van der Waals surface area contributed by atoms with E-state index in [4.69, 9.17) is 5.73 Å². The third kappa shape index (κ3) is 6.28. The SMILES string of the molecule is NC(c1ccccn1)C(CNCc1ccccn1)C[C@H](C(=O)O)C(=O)c1ccccc1. The molecule has 0 aliphatic rings. The van der Waals surface area contributed by atoms with Crippen LogP contribution in [0.1, 0.15) is 34.2 Å². The number of nitrogens with one attached hydrogen (secondary N) is 1. The molecule has 0 saturated heterocycles. The number of hydrogen-bond donors (Lipinski definition) is 3. The van der Waals surface area contributed by atoms with Crippen LogP contribution in [-0.4, -0.2) is 33.4 Å². The van der Waals surface area contributed by atoms with E-state index in [1.807, 2.05) is 30.3 Å². The van der Waals surface area contributed by atoms with Crippen LogP contribution in [0.3, 0.4) is 0 Å². The van der Waals surface area contributed by atoms with E-state index in [2.05, 4.69) is 15.3 Å². The third-order valence-electron chi connectivity index (χ3n) is 5.19. The van der Waals surface area contributed by atoms with Crippen LogP contribution in [-0.2, 0) is 11.3 Å². The second-order valence-corrected chi connectivity index (χ2v) is 7.35. The van der Waals surface area contributed by atoms with Gasteiger partial charge in [0.05, 0.1) is 17.4 Å². The highest BCUT2D eigenvalue weighted by Crippen LogP contribution is 2.26. The van der Waals surface area contributed by atoms with Gasteiger partial charge in [-0.05, 0) is 36.6 Å². The third-order valence-corrected chi connectivity index (χ3v) is 5.19. The van der Waals surface area contributed by atoms with Crippen LogP contribution < -0.4 is 11.1 Å². The molecule has 0 saturated carbocycles. The largest absolute Gasteiger partial charge is 0.481 e. The number of nitrogens with zero attached hydrogens (tertiary/aromatic N) is 2. The molecule has 0 aliphatic heterocycles. The lowest BCUT2D eigenvalue weighted by Gasteiger charge is -2.26. The predicted octanol–water partition coefficient (Wildman–Crippen LogP) is 2.86. The Kier molecular flexibility index (Phi) is 7.98. The number of nitrogens with two attached hydrogens (primary N) is 1. The number of carbonyl (C=O) groups is 2. The highest BCUT2D eigenvalue weighted by molar-refractivity contribution is 6.08. The van der Waals surface area contributed by atoms with Crippen molar-refractivity contribution in [3.63, 3.8) is 0 Å². The molecule has 0 aliphatic carbocycles. The summed E-state index contributed by atoms with van der Waals surface area (Å²) in [5.41, 5.74) is 8.38. The number of carboxylic acids is 1. The average Bonchev–Trinajstić information content (AvgIpc) is 2.82. The summed E-state index contributed by atoms with van der Waals surface area (Å²) in [5.74, 6) is -3.10. The van der Waals surface area contributed by atoms with Gasteiger partial charge in [0.25, 0.3) is 0 Å². The highest BCUT2D eigenvalue weighted by Gasteiger charge is 2.33. The van der Waals surface area contributed by atoms with Crippen molar-refractivity contribution in [2.75, 3.05) is 6.54 Å². The highest BCUT2D eigenvalue weighted by atomic mass is 16.4. The lowest BCUT2D eigenvalue weighted by Crippen LogP contribution is -2.36. The number of benzene rings is 1. The Bertz CT molecular complexity index is 968.